The van der Waals surface area contributed by atoms with Crippen molar-refractivity contribution >= 4 is 44.5 Å². The summed E-state index contributed by atoms with van der Waals surface area (Å²) >= 11 is 6.19. The first-order valence-corrected chi connectivity index (χ1v) is 10.8. The highest BCUT2D eigenvalue weighted by Gasteiger charge is 2.39. The largest absolute Gasteiger partial charge is 0.319 e. The minimum Gasteiger partial charge on any atom is -0.319 e. The smallest absolute Gasteiger partial charge is 0.270 e. The van der Waals surface area contributed by atoms with Crippen LogP contribution in [0.2, 0.25) is 5.02 Å². The van der Waals surface area contributed by atoms with E-state index in [-0.39, 0.29) is 11.3 Å². The van der Waals surface area contributed by atoms with Gasteiger partial charge in [0.1, 0.15) is 5.82 Å². The average molecular weight is 443 g/mol. The summed E-state index contributed by atoms with van der Waals surface area (Å²) in [7, 11) is -2.86. The van der Waals surface area contributed by atoms with Crippen molar-refractivity contribution in [1.82, 2.24) is 0 Å². The summed E-state index contributed by atoms with van der Waals surface area (Å²) in [6.07, 6.45) is 0. The summed E-state index contributed by atoms with van der Waals surface area (Å²) in [5.74, 6) is -1.60. The predicted octanol–water partition coefficient (Wildman–Crippen LogP) is 4.66. The van der Waals surface area contributed by atoms with Crippen LogP contribution < -0.4 is 9.62 Å². The molecule has 1 heterocycles. The van der Waals surface area contributed by atoms with E-state index in [1.807, 2.05) is 0 Å². The number of carbonyl (C=O) groups excluding carboxylic acids is 1. The van der Waals surface area contributed by atoms with Gasteiger partial charge >= 0.3 is 0 Å². The fraction of sp³-hybridized carbons (Fsp3) is 0.0455. The van der Waals surface area contributed by atoms with Crippen LogP contribution >= 0.6 is 11.6 Å². The Hall–Kier alpha value is -3.16. The maximum Gasteiger partial charge on any atom is 0.270 e. The lowest BCUT2D eigenvalue weighted by molar-refractivity contribution is -0.112. The van der Waals surface area contributed by atoms with E-state index in [0.717, 1.165) is 4.31 Å². The number of rotatable bonds is 3. The van der Waals surface area contributed by atoms with Gasteiger partial charge in [-0.3, -0.25) is 9.10 Å². The van der Waals surface area contributed by atoms with Crippen LogP contribution in [-0.2, 0) is 14.8 Å². The third-order valence-electron chi connectivity index (χ3n) is 4.80. The van der Waals surface area contributed by atoms with Gasteiger partial charge in [-0.1, -0.05) is 54.1 Å². The molecular weight excluding hydrogens is 427 g/mol. The number of benzene rings is 3. The van der Waals surface area contributed by atoms with Crippen LogP contribution in [0.4, 0.5) is 15.8 Å². The molecule has 0 saturated heterocycles. The molecule has 0 bridgehead atoms. The van der Waals surface area contributed by atoms with Gasteiger partial charge in [0, 0.05) is 23.2 Å². The van der Waals surface area contributed by atoms with E-state index in [1.165, 1.54) is 25.2 Å². The Labute approximate surface area is 178 Å². The predicted molar refractivity (Wildman–Crippen MR) is 116 cm³/mol. The van der Waals surface area contributed by atoms with Crippen LogP contribution in [0.3, 0.4) is 0 Å². The van der Waals surface area contributed by atoms with Crippen molar-refractivity contribution in [3.05, 3.63) is 99.7 Å². The molecule has 0 fully saturated rings. The standard InChI is InChI=1S/C22H16ClFN2O3S/c1-26-19-12-11-15(23)13-16(19)20(14-7-3-2-4-8-14)21(30(26,28)29)22(27)25-18-10-6-5-9-17(18)24/h2-13H,1H3,(H,25,27). The first-order chi connectivity index (χ1) is 14.3. The highest BCUT2D eigenvalue weighted by molar-refractivity contribution is 7.97. The van der Waals surface area contributed by atoms with E-state index in [0.29, 0.717) is 21.8 Å². The summed E-state index contributed by atoms with van der Waals surface area (Å²) in [6.45, 7) is 0. The van der Waals surface area contributed by atoms with E-state index in [1.54, 1.807) is 54.6 Å². The lowest BCUT2D eigenvalue weighted by Crippen LogP contribution is -2.37. The zero-order valence-corrected chi connectivity index (χ0v) is 17.3. The van der Waals surface area contributed by atoms with Crippen molar-refractivity contribution in [3.8, 4) is 0 Å². The van der Waals surface area contributed by atoms with E-state index in [2.05, 4.69) is 5.32 Å². The summed E-state index contributed by atoms with van der Waals surface area (Å²) < 4.78 is 41.8. The molecule has 8 heteroatoms. The Morgan fingerprint density at radius 3 is 2.37 bits per heavy atom. The Balaban J connectivity index is 2.01. The summed E-state index contributed by atoms with van der Waals surface area (Å²) in [5, 5.41) is 2.78. The lowest BCUT2D eigenvalue weighted by atomic mass is 9.95. The second-order valence-corrected chi connectivity index (χ2v) is 8.98. The van der Waals surface area contributed by atoms with E-state index < -0.39 is 26.7 Å². The fourth-order valence-corrected chi connectivity index (χ4v) is 5.00. The maximum absolute atomic E-state index is 14.1. The number of nitrogens with zero attached hydrogens (tertiary/aromatic N) is 1. The van der Waals surface area contributed by atoms with Gasteiger partial charge in [-0.15, -0.1) is 0 Å². The number of fused-ring (bicyclic) bond motifs is 1. The van der Waals surface area contributed by atoms with Crippen LogP contribution in [0.1, 0.15) is 11.1 Å². The molecule has 0 saturated carbocycles. The number of hydrogen-bond donors (Lipinski definition) is 1. The van der Waals surface area contributed by atoms with Gasteiger partial charge in [0.05, 0.1) is 11.4 Å². The number of halogens is 2. The van der Waals surface area contributed by atoms with Crippen molar-refractivity contribution in [3.63, 3.8) is 0 Å². The van der Waals surface area contributed by atoms with Crippen molar-refractivity contribution in [2.24, 2.45) is 0 Å². The molecule has 0 unspecified atom stereocenters. The molecule has 4 rings (SSSR count). The Morgan fingerprint density at radius 2 is 1.67 bits per heavy atom. The van der Waals surface area contributed by atoms with Crippen LogP contribution in [0.15, 0.2) is 77.7 Å². The monoisotopic (exact) mass is 442 g/mol. The number of carbonyl (C=O) groups is 1. The molecule has 152 valence electrons. The lowest BCUT2D eigenvalue weighted by Gasteiger charge is -2.31. The molecule has 1 amide bonds. The topological polar surface area (TPSA) is 66.5 Å². The van der Waals surface area contributed by atoms with E-state index in [4.69, 9.17) is 11.6 Å². The minimum atomic E-state index is -4.22. The molecule has 3 aromatic rings. The fourth-order valence-electron chi connectivity index (χ4n) is 3.36. The summed E-state index contributed by atoms with van der Waals surface area (Å²) in [5.41, 5.74) is 1.50. The highest BCUT2D eigenvalue weighted by atomic mass is 35.5. The molecule has 3 aromatic carbocycles. The minimum absolute atomic E-state index is 0.114. The van der Waals surface area contributed by atoms with Crippen LogP contribution in [-0.4, -0.2) is 21.4 Å². The zero-order chi connectivity index (χ0) is 21.5. The number of para-hydroxylation sites is 1. The SMILES string of the molecule is CN1c2ccc(Cl)cc2C(c2ccccc2)=C(C(=O)Nc2ccccc2F)S1(=O)=O. The summed E-state index contributed by atoms with van der Waals surface area (Å²) in [4.78, 5) is 12.7. The molecular formula is C22H16ClFN2O3S. The molecule has 0 radical (unpaired) electrons. The molecule has 0 aromatic heterocycles. The quantitative estimate of drug-likeness (QED) is 0.641. The van der Waals surface area contributed by atoms with E-state index >= 15 is 0 Å². The Morgan fingerprint density at radius 1 is 1.00 bits per heavy atom. The zero-order valence-electron chi connectivity index (χ0n) is 15.8. The number of hydrogen-bond acceptors (Lipinski definition) is 3. The second-order valence-electron chi connectivity index (χ2n) is 6.64. The molecule has 1 aliphatic rings. The summed E-state index contributed by atoms with van der Waals surface area (Å²) in [6, 6.07) is 19.0. The molecule has 30 heavy (non-hydrogen) atoms. The Bertz CT molecular complexity index is 1290. The molecule has 0 atom stereocenters. The van der Waals surface area contributed by atoms with Crippen LogP contribution in [0.25, 0.3) is 5.57 Å². The molecule has 0 aliphatic carbocycles. The normalized spacial score (nSPS) is 15.0. The third kappa shape index (κ3) is 3.36. The van der Waals surface area contributed by atoms with Gasteiger partial charge in [0.25, 0.3) is 15.9 Å². The maximum atomic E-state index is 14.1. The first kappa shape index (κ1) is 20.1. The van der Waals surface area contributed by atoms with Gasteiger partial charge in [0.2, 0.25) is 0 Å². The highest BCUT2D eigenvalue weighted by Crippen LogP contribution is 2.43. The van der Waals surface area contributed by atoms with Gasteiger partial charge in [0.15, 0.2) is 4.91 Å². The van der Waals surface area contributed by atoms with Crippen molar-refractivity contribution in [2.75, 3.05) is 16.7 Å². The van der Waals surface area contributed by atoms with Crippen molar-refractivity contribution in [1.29, 1.82) is 0 Å². The first-order valence-electron chi connectivity index (χ1n) is 8.95. The van der Waals surface area contributed by atoms with Gasteiger partial charge in [-0.25, -0.2) is 12.8 Å². The Kier molecular flexibility index (Phi) is 5.09. The second kappa shape index (κ2) is 7.59. The van der Waals surface area contributed by atoms with Gasteiger partial charge in [-0.2, -0.15) is 0 Å². The van der Waals surface area contributed by atoms with E-state index in [9.17, 15) is 17.6 Å². The molecule has 5 nitrogen and oxygen atoms in total. The third-order valence-corrected chi connectivity index (χ3v) is 6.86. The number of sulfonamides is 1. The number of anilines is 2. The van der Waals surface area contributed by atoms with Gasteiger partial charge < -0.3 is 5.32 Å². The van der Waals surface area contributed by atoms with Crippen LogP contribution in [0, 0.1) is 5.82 Å². The number of amides is 1. The van der Waals surface area contributed by atoms with Crippen molar-refractivity contribution in [2.45, 2.75) is 0 Å². The molecule has 1 N–H and O–H groups in total. The average Bonchev–Trinajstić information content (AvgIpc) is 2.72. The molecule has 0 spiro atoms. The van der Waals surface area contributed by atoms with Gasteiger partial charge in [-0.05, 0) is 35.9 Å². The molecule has 1 aliphatic heterocycles. The van der Waals surface area contributed by atoms with Crippen molar-refractivity contribution < 1.29 is 17.6 Å². The number of nitrogens with one attached hydrogen (secondary N) is 1. The van der Waals surface area contributed by atoms with Crippen LogP contribution in [0.5, 0.6) is 0 Å².